The molecule has 0 amide bonds. The van der Waals surface area contributed by atoms with Gasteiger partial charge in [-0.2, -0.15) is 0 Å². The van der Waals surface area contributed by atoms with Crippen molar-refractivity contribution in [2.24, 2.45) is 17.8 Å². The number of rotatable bonds is 20. The van der Waals surface area contributed by atoms with Crippen LogP contribution in [0.25, 0.3) is 0 Å². The minimum Gasteiger partial charge on any atom is -0.480 e. The molecule has 0 bridgehead atoms. The normalized spacial score (nSPS) is 16.5. The van der Waals surface area contributed by atoms with Crippen LogP contribution in [-0.4, -0.2) is 67.6 Å². The van der Waals surface area contributed by atoms with Crippen LogP contribution in [-0.2, 0) is 43.8 Å². The molecule has 3 atom stereocenters. The van der Waals surface area contributed by atoms with Gasteiger partial charge in [-0.15, -0.1) is 0 Å². The molecule has 14 nitrogen and oxygen atoms in total. The minimum absolute atomic E-state index is 0.0249. The first-order valence-electron chi connectivity index (χ1n) is 17.8. The van der Waals surface area contributed by atoms with Crippen LogP contribution >= 0.6 is 7.75 Å². The van der Waals surface area contributed by atoms with Crippen LogP contribution in [0, 0.1) is 23.2 Å². The van der Waals surface area contributed by atoms with Crippen molar-refractivity contribution in [1.82, 2.24) is 5.09 Å². The number of carbonyl (C=O) groups excluding carboxylic acids is 2. The smallest absolute Gasteiger partial charge is 0.480 e. The highest BCUT2D eigenvalue weighted by Gasteiger charge is 2.40. The van der Waals surface area contributed by atoms with Gasteiger partial charge in [0.25, 0.3) is 0 Å². The van der Waals surface area contributed by atoms with Gasteiger partial charge in [0.05, 0.1) is 13.2 Å². The second kappa shape index (κ2) is 21.1. The summed E-state index contributed by atoms with van der Waals surface area (Å²) >= 11 is 0. The molecular weight excluding hydrogens is 669 g/mol. The topological polar surface area (TPSA) is 183 Å². The molecule has 1 fully saturated rings. The van der Waals surface area contributed by atoms with Gasteiger partial charge in [-0.3, -0.25) is 19.5 Å². The third-order valence-corrected chi connectivity index (χ3v) is 9.67. The van der Waals surface area contributed by atoms with Crippen molar-refractivity contribution < 1.29 is 52.1 Å². The molecule has 15 heteroatoms. The predicted molar refractivity (Wildman–Crippen MR) is 189 cm³/mol. The molecule has 2 rings (SSSR count). The predicted octanol–water partition coefficient (Wildman–Crippen LogP) is 8.26. The Labute approximate surface area is 296 Å². The fourth-order valence-electron chi connectivity index (χ4n) is 5.74. The summed E-state index contributed by atoms with van der Waals surface area (Å²) in [6, 6.07) is 4.44. The van der Waals surface area contributed by atoms with E-state index in [0.29, 0.717) is 42.6 Å². The standard InChI is InChI=1S/C35H58N3O11P/c1-9-21-44-34(41)46-32(23(5)6)48-50(43,49-33(24(7)8)47-35(42)45-22-10-2)37-30(36)27-19-16-20-28(26(27)11-3)38(12-4)29(31(39)40)25-17-14-13-15-18-25/h16,19-20,23-25,29,32-33H,9-15,17-18,21-22H2,1-8H3,(H,39,40)(H2,36,37,43). The Kier molecular flexibility index (Phi) is 18.1. The number of anilines is 1. The summed E-state index contributed by atoms with van der Waals surface area (Å²) in [5, 5.41) is 22.1. The number of carboxylic acid groups (broad SMARTS) is 1. The molecule has 1 aliphatic rings. The molecule has 3 N–H and O–H groups in total. The van der Waals surface area contributed by atoms with Crippen molar-refractivity contribution in [3.63, 3.8) is 0 Å². The zero-order chi connectivity index (χ0) is 37.4. The van der Waals surface area contributed by atoms with Crippen molar-refractivity contribution in [3.05, 3.63) is 29.3 Å². The zero-order valence-electron chi connectivity index (χ0n) is 30.9. The summed E-state index contributed by atoms with van der Waals surface area (Å²) in [4.78, 5) is 39.4. The van der Waals surface area contributed by atoms with E-state index in [1.54, 1.807) is 39.8 Å². The Morgan fingerprint density at radius 3 is 1.84 bits per heavy atom. The van der Waals surface area contributed by atoms with Gasteiger partial charge in [0.1, 0.15) is 11.9 Å². The lowest BCUT2D eigenvalue weighted by Crippen LogP contribution is -2.47. The van der Waals surface area contributed by atoms with Crippen LogP contribution < -0.4 is 9.99 Å². The first kappa shape index (κ1) is 42.8. The fourth-order valence-corrected chi connectivity index (χ4v) is 7.41. The van der Waals surface area contributed by atoms with Crippen LogP contribution in [0.1, 0.15) is 111 Å². The van der Waals surface area contributed by atoms with Gasteiger partial charge in [0, 0.05) is 29.6 Å². The van der Waals surface area contributed by atoms with Gasteiger partial charge in [0.2, 0.25) is 12.6 Å². The van der Waals surface area contributed by atoms with Crippen LogP contribution in [0.3, 0.4) is 0 Å². The number of carbonyl (C=O) groups is 3. The molecule has 0 radical (unpaired) electrons. The van der Waals surface area contributed by atoms with Crippen LogP contribution in [0.5, 0.6) is 0 Å². The van der Waals surface area contributed by atoms with Gasteiger partial charge in [-0.05, 0) is 56.6 Å². The molecule has 1 aromatic rings. The number of likely N-dealkylation sites (N-methyl/N-ethyl adjacent to an activating group) is 1. The Morgan fingerprint density at radius 2 is 1.42 bits per heavy atom. The van der Waals surface area contributed by atoms with E-state index in [1.807, 2.05) is 38.7 Å². The molecule has 50 heavy (non-hydrogen) atoms. The molecule has 3 unspecified atom stereocenters. The highest BCUT2D eigenvalue weighted by atomic mass is 31.2. The van der Waals surface area contributed by atoms with E-state index in [-0.39, 0.29) is 25.0 Å². The Balaban J connectivity index is 2.56. The van der Waals surface area contributed by atoms with Crippen molar-refractivity contribution in [1.29, 1.82) is 5.41 Å². The number of hydrogen-bond donors (Lipinski definition) is 3. The maximum atomic E-state index is 14.6. The third kappa shape index (κ3) is 12.8. The summed E-state index contributed by atoms with van der Waals surface area (Å²) in [5.41, 5.74) is 1.63. The van der Waals surface area contributed by atoms with Gasteiger partial charge in [-0.25, -0.2) is 18.9 Å². The van der Waals surface area contributed by atoms with E-state index in [4.69, 9.17) is 33.4 Å². The molecular formula is C35H58N3O11P. The van der Waals surface area contributed by atoms with Crippen molar-refractivity contribution in [2.75, 3.05) is 24.7 Å². The van der Waals surface area contributed by atoms with E-state index < -0.39 is 56.5 Å². The van der Waals surface area contributed by atoms with Crippen LogP contribution in [0.4, 0.5) is 15.3 Å². The summed E-state index contributed by atoms with van der Waals surface area (Å²) in [6.07, 6.45) is 1.20. The number of aliphatic carboxylic acids is 1. The Bertz CT molecular complexity index is 1260. The maximum Gasteiger partial charge on any atom is 0.510 e. The zero-order valence-corrected chi connectivity index (χ0v) is 31.8. The molecule has 0 saturated heterocycles. The molecule has 0 aromatic heterocycles. The Hall–Kier alpha value is -3.35. The number of hydrogen-bond acceptors (Lipinski definition) is 12. The quantitative estimate of drug-likeness (QED) is 0.0384. The van der Waals surface area contributed by atoms with Crippen LogP contribution in [0.2, 0.25) is 0 Å². The second-order valence-corrected chi connectivity index (χ2v) is 14.6. The van der Waals surface area contributed by atoms with Crippen LogP contribution in [0.15, 0.2) is 18.2 Å². The third-order valence-electron chi connectivity index (χ3n) is 8.21. The van der Waals surface area contributed by atoms with Gasteiger partial charge < -0.3 is 29.0 Å². The lowest BCUT2D eigenvalue weighted by Gasteiger charge is -2.38. The highest BCUT2D eigenvalue weighted by molar-refractivity contribution is 7.52. The lowest BCUT2D eigenvalue weighted by atomic mass is 9.82. The minimum atomic E-state index is -4.71. The number of benzene rings is 1. The summed E-state index contributed by atoms with van der Waals surface area (Å²) < 4.78 is 47.1. The maximum absolute atomic E-state index is 14.6. The Morgan fingerprint density at radius 1 is 0.900 bits per heavy atom. The lowest BCUT2D eigenvalue weighted by molar-refractivity contribution is -0.140. The number of nitrogens with one attached hydrogen (secondary N) is 2. The first-order valence-corrected chi connectivity index (χ1v) is 19.4. The summed E-state index contributed by atoms with van der Waals surface area (Å²) in [5.74, 6) is -2.39. The second-order valence-electron chi connectivity index (χ2n) is 13.0. The molecule has 0 spiro atoms. The number of nitrogens with zero attached hydrogens (tertiary/aromatic N) is 1. The first-order chi connectivity index (χ1) is 23.7. The SMILES string of the molecule is CCCOC(=O)OC(OP(=O)(NC(=N)c1cccc(N(CC)C(C(=O)O)C2CCCCC2)c1CC)OC(OC(=O)OCCC)C(C)C)C(C)C. The molecule has 0 heterocycles. The van der Waals surface area contributed by atoms with Gasteiger partial charge in [0.15, 0.2) is 0 Å². The van der Waals surface area contributed by atoms with E-state index >= 15 is 0 Å². The number of carboxylic acids is 1. The monoisotopic (exact) mass is 727 g/mol. The van der Waals surface area contributed by atoms with Crippen molar-refractivity contribution in [3.8, 4) is 0 Å². The highest BCUT2D eigenvalue weighted by Crippen LogP contribution is 2.49. The molecule has 0 aliphatic heterocycles. The van der Waals surface area contributed by atoms with Gasteiger partial charge in [-0.1, -0.05) is 79.9 Å². The van der Waals surface area contributed by atoms with Gasteiger partial charge >= 0.3 is 26.0 Å². The van der Waals surface area contributed by atoms with E-state index in [0.717, 1.165) is 32.1 Å². The molecule has 284 valence electrons. The fraction of sp³-hybridized carbons (Fsp3) is 0.714. The summed E-state index contributed by atoms with van der Waals surface area (Å²) in [7, 11) is -4.71. The summed E-state index contributed by atoms with van der Waals surface area (Å²) in [6.45, 7) is 14.7. The average Bonchev–Trinajstić information content (AvgIpc) is 3.07. The van der Waals surface area contributed by atoms with Crippen molar-refractivity contribution >= 4 is 37.5 Å². The average molecular weight is 728 g/mol. The van der Waals surface area contributed by atoms with E-state index in [2.05, 4.69) is 5.09 Å². The van der Waals surface area contributed by atoms with E-state index in [1.165, 1.54) is 0 Å². The van der Waals surface area contributed by atoms with E-state index in [9.17, 15) is 24.1 Å². The largest absolute Gasteiger partial charge is 0.510 e. The molecule has 1 saturated carbocycles. The number of ether oxygens (including phenoxy) is 4. The molecule has 1 aromatic carbocycles. The molecule has 1 aliphatic carbocycles. The number of amidine groups is 1. The van der Waals surface area contributed by atoms with Crippen molar-refractivity contribution in [2.45, 2.75) is 125 Å².